The zero-order valence-electron chi connectivity index (χ0n) is 15.1. The minimum atomic E-state index is -4.36. The molecule has 0 atom stereocenters. The number of amides is 2. The molecule has 0 bridgehead atoms. The Labute approximate surface area is 156 Å². The number of piperazine rings is 1. The third kappa shape index (κ3) is 4.53. The fourth-order valence-electron chi connectivity index (χ4n) is 3.19. The fraction of sp³-hybridized carbons (Fsp3) is 0.350. The fourth-order valence-corrected chi connectivity index (χ4v) is 3.19. The molecule has 4 nitrogen and oxygen atoms in total. The molecule has 7 heteroatoms. The van der Waals surface area contributed by atoms with Crippen molar-refractivity contribution >= 4 is 17.4 Å². The van der Waals surface area contributed by atoms with Gasteiger partial charge in [-0.3, -0.25) is 0 Å². The summed E-state index contributed by atoms with van der Waals surface area (Å²) in [7, 11) is 0. The Morgan fingerprint density at radius 1 is 1.04 bits per heavy atom. The maximum atomic E-state index is 12.9. The summed E-state index contributed by atoms with van der Waals surface area (Å²) >= 11 is 0. The van der Waals surface area contributed by atoms with Gasteiger partial charge >= 0.3 is 12.2 Å². The summed E-state index contributed by atoms with van der Waals surface area (Å²) < 4.78 is 38.7. The van der Waals surface area contributed by atoms with Crippen LogP contribution in [0.4, 0.5) is 29.3 Å². The summed E-state index contributed by atoms with van der Waals surface area (Å²) in [5, 5.41) is 2.93. The Balaban J connectivity index is 1.61. The highest BCUT2D eigenvalue weighted by molar-refractivity contribution is 5.90. The summed E-state index contributed by atoms with van der Waals surface area (Å²) in [6.07, 6.45) is -3.54. The zero-order valence-corrected chi connectivity index (χ0v) is 15.1. The van der Waals surface area contributed by atoms with E-state index in [0.717, 1.165) is 29.8 Å². The number of anilines is 2. The monoisotopic (exact) mass is 377 g/mol. The number of nitrogens with one attached hydrogen (secondary N) is 1. The van der Waals surface area contributed by atoms with Crippen LogP contribution < -0.4 is 10.2 Å². The lowest BCUT2D eigenvalue weighted by molar-refractivity contribution is -0.137. The highest BCUT2D eigenvalue weighted by atomic mass is 19.4. The molecule has 2 aromatic carbocycles. The second-order valence-electron chi connectivity index (χ2n) is 6.46. The predicted molar refractivity (Wildman–Crippen MR) is 100 cm³/mol. The first kappa shape index (κ1) is 19.1. The zero-order chi connectivity index (χ0) is 19.4. The maximum absolute atomic E-state index is 12.9. The van der Waals surface area contributed by atoms with Gasteiger partial charge in [0, 0.05) is 37.6 Å². The van der Waals surface area contributed by atoms with Gasteiger partial charge in [0.15, 0.2) is 0 Å². The van der Waals surface area contributed by atoms with E-state index in [2.05, 4.69) is 5.32 Å². The van der Waals surface area contributed by atoms with Gasteiger partial charge in [-0.05, 0) is 36.2 Å². The van der Waals surface area contributed by atoms with Gasteiger partial charge in [-0.2, -0.15) is 13.2 Å². The normalized spacial score (nSPS) is 15.0. The SMILES string of the molecule is CCc1ccccc1NC(=O)N1CCN(c2cccc(C(F)(F)F)c2)CC1. The highest BCUT2D eigenvalue weighted by Crippen LogP contribution is 2.31. The van der Waals surface area contributed by atoms with Crippen molar-refractivity contribution in [2.75, 3.05) is 36.4 Å². The maximum Gasteiger partial charge on any atom is 0.416 e. The smallest absolute Gasteiger partial charge is 0.368 e. The van der Waals surface area contributed by atoms with Crippen LogP contribution in [0.15, 0.2) is 48.5 Å². The third-order valence-electron chi connectivity index (χ3n) is 4.75. The number of carbonyl (C=O) groups is 1. The number of carbonyl (C=O) groups excluding carboxylic acids is 1. The van der Waals surface area contributed by atoms with E-state index in [1.807, 2.05) is 36.1 Å². The first-order chi connectivity index (χ1) is 12.9. The summed E-state index contributed by atoms with van der Waals surface area (Å²) in [6.45, 7) is 3.92. The molecule has 0 spiro atoms. The van der Waals surface area contributed by atoms with E-state index < -0.39 is 11.7 Å². The number of aryl methyl sites for hydroxylation is 1. The molecule has 1 aliphatic rings. The molecule has 0 unspecified atom stereocenters. The Hall–Kier alpha value is -2.70. The van der Waals surface area contributed by atoms with Crippen molar-refractivity contribution in [3.8, 4) is 0 Å². The average Bonchev–Trinajstić information content (AvgIpc) is 2.68. The molecule has 144 valence electrons. The number of nitrogens with zero attached hydrogens (tertiary/aromatic N) is 2. The van der Waals surface area contributed by atoms with Gasteiger partial charge in [0.1, 0.15) is 0 Å². The summed E-state index contributed by atoms with van der Waals surface area (Å²) in [4.78, 5) is 16.1. The van der Waals surface area contributed by atoms with Crippen molar-refractivity contribution in [3.63, 3.8) is 0 Å². The molecule has 0 aliphatic carbocycles. The van der Waals surface area contributed by atoms with E-state index in [-0.39, 0.29) is 6.03 Å². The lowest BCUT2D eigenvalue weighted by Crippen LogP contribution is -2.50. The van der Waals surface area contributed by atoms with E-state index in [9.17, 15) is 18.0 Å². The molecule has 27 heavy (non-hydrogen) atoms. The van der Waals surface area contributed by atoms with Gasteiger partial charge in [0.05, 0.1) is 5.56 Å². The summed E-state index contributed by atoms with van der Waals surface area (Å²) in [5.74, 6) is 0. The predicted octanol–water partition coefficient (Wildman–Crippen LogP) is 4.62. The van der Waals surface area contributed by atoms with E-state index in [4.69, 9.17) is 0 Å². The van der Waals surface area contributed by atoms with E-state index in [0.29, 0.717) is 31.9 Å². The Morgan fingerprint density at radius 3 is 2.41 bits per heavy atom. The number of halogens is 3. The Bertz CT molecular complexity index is 799. The van der Waals surface area contributed by atoms with E-state index in [1.165, 1.54) is 6.07 Å². The standard InChI is InChI=1S/C20H22F3N3O/c1-2-15-6-3-4-9-18(15)24-19(27)26-12-10-25(11-13-26)17-8-5-7-16(14-17)20(21,22)23/h3-9,14H,2,10-13H2,1H3,(H,24,27). The quantitative estimate of drug-likeness (QED) is 0.847. The molecule has 1 aliphatic heterocycles. The molecule has 2 amide bonds. The minimum Gasteiger partial charge on any atom is -0.368 e. The van der Waals surface area contributed by atoms with Crippen LogP contribution in [0, 0.1) is 0 Å². The number of rotatable bonds is 3. The molecule has 0 radical (unpaired) electrons. The van der Waals surface area contributed by atoms with Gasteiger partial charge in [-0.1, -0.05) is 31.2 Å². The second kappa shape index (κ2) is 7.90. The molecule has 1 heterocycles. The molecule has 1 saturated heterocycles. The van der Waals surface area contributed by atoms with Crippen LogP contribution in [0.25, 0.3) is 0 Å². The Morgan fingerprint density at radius 2 is 1.74 bits per heavy atom. The summed E-state index contributed by atoms with van der Waals surface area (Å²) in [5.41, 5.74) is 1.73. The first-order valence-electron chi connectivity index (χ1n) is 8.94. The molecular weight excluding hydrogens is 355 g/mol. The number of hydrogen-bond acceptors (Lipinski definition) is 2. The Kier molecular flexibility index (Phi) is 5.58. The lowest BCUT2D eigenvalue weighted by Gasteiger charge is -2.36. The van der Waals surface area contributed by atoms with Gasteiger partial charge in [0.2, 0.25) is 0 Å². The van der Waals surface area contributed by atoms with Crippen LogP contribution >= 0.6 is 0 Å². The lowest BCUT2D eigenvalue weighted by atomic mass is 10.1. The van der Waals surface area contributed by atoms with Crippen molar-refractivity contribution in [1.82, 2.24) is 4.90 Å². The number of alkyl halides is 3. The van der Waals surface area contributed by atoms with Gasteiger partial charge in [0.25, 0.3) is 0 Å². The molecule has 1 fully saturated rings. The highest BCUT2D eigenvalue weighted by Gasteiger charge is 2.31. The number of urea groups is 1. The number of benzene rings is 2. The van der Waals surface area contributed by atoms with Crippen molar-refractivity contribution in [2.24, 2.45) is 0 Å². The van der Waals surface area contributed by atoms with Gasteiger partial charge in [-0.25, -0.2) is 4.79 Å². The largest absolute Gasteiger partial charge is 0.416 e. The average molecular weight is 377 g/mol. The third-order valence-corrected chi connectivity index (χ3v) is 4.75. The molecule has 3 rings (SSSR count). The van der Waals surface area contributed by atoms with E-state index in [1.54, 1.807) is 11.0 Å². The van der Waals surface area contributed by atoms with Gasteiger partial charge in [-0.15, -0.1) is 0 Å². The molecule has 1 N–H and O–H groups in total. The summed E-state index contributed by atoms with van der Waals surface area (Å²) in [6, 6.07) is 12.8. The van der Waals surface area contributed by atoms with Gasteiger partial charge < -0.3 is 15.1 Å². The van der Waals surface area contributed by atoms with E-state index >= 15 is 0 Å². The molecular formula is C20H22F3N3O. The molecule has 2 aromatic rings. The van der Waals surface area contributed by atoms with Crippen LogP contribution in [-0.4, -0.2) is 37.1 Å². The molecule has 0 saturated carbocycles. The number of hydrogen-bond donors (Lipinski definition) is 1. The van der Waals surface area contributed by atoms with Crippen LogP contribution in [0.1, 0.15) is 18.1 Å². The van der Waals surface area contributed by atoms with Crippen LogP contribution in [0.5, 0.6) is 0 Å². The van der Waals surface area contributed by atoms with Crippen LogP contribution in [0.3, 0.4) is 0 Å². The van der Waals surface area contributed by atoms with Crippen molar-refractivity contribution in [1.29, 1.82) is 0 Å². The first-order valence-corrected chi connectivity index (χ1v) is 8.94. The van der Waals surface area contributed by atoms with Crippen molar-refractivity contribution in [3.05, 3.63) is 59.7 Å². The second-order valence-corrected chi connectivity index (χ2v) is 6.46. The van der Waals surface area contributed by atoms with Crippen LogP contribution in [-0.2, 0) is 12.6 Å². The van der Waals surface area contributed by atoms with Crippen LogP contribution in [0.2, 0.25) is 0 Å². The molecule has 0 aromatic heterocycles. The minimum absolute atomic E-state index is 0.181. The van der Waals surface area contributed by atoms with Crippen molar-refractivity contribution in [2.45, 2.75) is 19.5 Å². The van der Waals surface area contributed by atoms with Crippen molar-refractivity contribution < 1.29 is 18.0 Å². The topological polar surface area (TPSA) is 35.6 Å². The number of para-hydroxylation sites is 1.